The zero-order chi connectivity index (χ0) is 19.0. The van der Waals surface area contributed by atoms with E-state index in [0.717, 1.165) is 24.4 Å². The lowest BCUT2D eigenvalue weighted by Crippen LogP contribution is -2.20. The van der Waals surface area contributed by atoms with Crippen LogP contribution in [0.15, 0.2) is 47.9 Å². The molecule has 3 rings (SSSR count). The number of carboxylic acids is 1. The maximum absolute atomic E-state index is 14.3. The monoisotopic (exact) mass is 358 g/mol. The Morgan fingerprint density at radius 2 is 1.88 bits per heavy atom. The van der Waals surface area contributed by atoms with Crippen molar-refractivity contribution in [2.24, 2.45) is 0 Å². The molecule has 0 saturated carbocycles. The molecule has 0 saturated heterocycles. The van der Waals surface area contributed by atoms with Gasteiger partial charge < -0.3 is 14.8 Å². The molecule has 0 aliphatic rings. The van der Waals surface area contributed by atoms with Crippen molar-refractivity contribution < 1.29 is 23.8 Å². The molecule has 0 spiro atoms. The number of aliphatic hydroxyl groups excluding tert-OH is 1. The van der Waals surface area contributed by atoms with Crippen molar-refractivity contribution in [2.75, 3.05) is 6.61 Å². The Bertz CT molecular complexity index is 1100. The molecule has 2 N–H and O–H groups in total. The summed E-state index contributed by atoms with van der Waals surface area (Å²) in [5, 5.41) is 18.2. The normalized spacial score (nSPS) is 10.9. The second kappa shape index (κ2) is 6.49. The zero-order valence-corrected chi connectivity index (χ0v) is 13.2. The summed E-state index contributed by atoms with van der Waals surface area (Å²) in [4.78, 5) is 27.8. The molecule has 0 amide bonds. The number of carboxylic acid groups (broad SMARTS) is 1. The Hall–Kier alpha value is -3.39. The maximum Gasteiger partial charge on any atom is 0.341 e. The quantitative estimate of drug-likeness (QED) is 0.747. The van der Waals surface area contributed by atoms with Crippen LogP contribution in [-0.2, 0) is 0 Å². The number of halogens is 2. The smallest absolute Gasteiger partial charge is 0.341 e. The van der Waals surface area contributed by atoms with Gasteiger partial charge in [-0.25, -0.2) is 18.6 Å². The first-order valence-electron chi connectivity index (χ1n) is 7.37. The summed E-state index contributed by atoms with van der Waals surface area (Å²) in [6.07, 6.45) is 1.04. The minimum absolute atomic E-state index is 0.00943. The first-order valence-corrected chi connectivity index (χ1v) is 7.37. The largest absolute Gasteiger partial charge is 0.477 e. The van der Waals surface area contributed by atoms with E-state index < -0.39 is 35.2 Å². The van der Waals surface area contributed by atoms with Crippen molar-refractivity contribution >= 4 is 22.6 Å². The number of hydrogen-bond donors (Lipinski definition) is 2. The first kappa shape index (κ1) is 17.4. The highest BCUT2D eigenvalue weighted by molar-refractivity contribution is 5.92. The Labute approximate surface area is 145 Å². The van der Waals surface area contributed by atoms with Gasteiger partial charge >= 0.3 is 5.97 Å². The van der Waals surface area contributed by atoms with E-state index >= 15 is 0 Å². The van der Waals surface area contributed by atoms with Crippen molar-refractivity contribution in [3.63, 3.8) is 0 Å². The van der Waals surface area contributed by atoms with E-state index in [9.17, 15) is 28.6 Å². The summed E-state index contributed by atoms with van der Waals surface area (Å²) in [5.41, 5.74) is -1.48. The predicted molar refractivity (Wildman–Crippen MR) is 90.3 cm³/mol. The topological polar surface area (TPSA) is 92.4 Å². The number of aromatic carboxylic acids is 1. The molecular weight excluding hydrogens is 346 g/mol. The molecule has 132 valence electrons. The van der Waals surface area contributed by atoms with Crippen LogP contribution in [0.2, 0.25) is 0 Å². The molecule has 26 heavy (non-hydrogen) atoms. The fraction of sp³-hybridized carbons (Fsp3) is 0.0556. The highest BCUT2D eigenvalue weighted by Gasteiger charge is 2.19. The van der Waals surface area contributed by atoms with E-state index in [1.165, 1.54) is 16.7 Å². The van der Waals surface area contributed by atoms with Gasteiger partial charge in [-0.3, -0.25) is 4.79 Å². The van der Waals surface area contributed by atoms with Crippen molar-refractivity contribution in [1.82, 2.24) is 9.55 Å². The van der Waals surface area contributed by atoms with E-state index in [4.69, 9.17) is 0 Å². The van der Waals surface area contributed by atoms with Gasteiger partial charge in [0.15, 0.2) is 0 Å². The van der Waals surface area contributed by atoms with Crippen molar-refractivity contribution in [1.29, 1.82) is 0 Å². The van der Waals surface area contributed by atoms with Crippen LogP contribution < -0.4 is 5.43 Å². The van der Waals surface area contributed by atoms with E-state index in [1.807, 2.05) is 0 Å². The Kier molecular flexibility index (Phi) is 4.35. The molecule has 6 nitrogen and oxygen atoms in total. The van der Waals surface area contributed by atoms with Crippen LogP contribution in [0.3, 0.4) is 0 Å². The lowest BCUT2D eigenvalue weighted by molar-refractivity contribution is 0.0695. The van der Waals surface area contributed by atoms with Gasteiger partial charge in [-0.05, 0) is 35.9 Å². The summed E-state index contributed by atoms with van der Waals surface area (Å²) in [5.74, 6) is -2.91. The minimum Gasteiger partial charge on any atom is -0.477 e. The van der Waals surface area contributed by atoms with Crippen LogP contribution in [0.1, 0.15) is 16.1 Å². The van der Waals surface area contributed by atoms with Crippen molar-refractivity contribution in [2.45, 2.75) is 0 Å². The van der Waals surface area contributed by atoms with Gasteiger partial charge in [0.05, 0.1) is 12.0 Å². The molecule has 2 aromatic heterocycles. The standard InChI is InChI=1S/C18H12F2N2O4/c1-9(8-23)15-14(20)6-12-16(24)13(18(25)26)7-22(17(12)21-15)11-4-2-10(19)3-5-11/h2-7,23H,1,8H2,(H,25,26). The number of hydrogen-bond acceptors (Lipinski definition) is 4. The second-order valence-electron chi connectivity index (χ2n) is 5.48. The summed E-state index contributed by atoms with van der Waals surface area (Å²) in [6.45, 7) is 2.96. The van der Waals surface area contributed by atoms with Crippen LogP contribution in [0.4, 0.5) is 8.78 Å². The lowest BCUT2D eigenvalue weighted by atomic mass is 10.1. The molecule has 0 fully saturated rings. The number of aliphatic hydroxyl groups is 1. The molecule has 0 radical (unpaired) electrons. The number of pyridine rings is 2. The Morgan fingerprint density at radius 3 is 2.46 bits per heavy atom. The number of aromatic nitrogens is 2. The van der Waals surface area contributed by atoms with E-state index in [-0.39, 0.29) is 22.3 Å². The average Bonchev–Trinajstić information content (AvgIpc) is 2.62. The molecule has 3 aromatic rings. The third kappa shape index (κ3) is 2.86. The van der Waals surface area contributed by atoms with E-state index in [1.54, 1.807) is 0 Å². The summed E-state index contributed by atoms with van der Waals surface area (Å²) >= 11 is 0. The van der Waals surface area contributed by atoms with Crippen molar-refractivity contribution in [3.8, 4) is 5.69 Å². The molecule has 1 aromatic carbocycles. The Morgan fingerprint density at radius 1 is 1.23 bits per heavy atom. The van der Waals surface area contributed by atoms with Crippen LogP contribution >= 0.6 is 0 Å². The third-order valence-electron chi connectivity index (χ3n) is 3.79. The molecule has 8 heteroatoms. The molecule has 0 bridgehead atoms. The minimum atomic E-state index is -1.49. The van der Waals surface area contributed by atoms with Gasteiger partial charge in [0.2, 0.25) is 5.43 Å². The molecule has 2 heterocycles. The van der Waals surface area contributed by atoms with Crippen LogP contribution in [0.5, 0.6) is 0 Å². The van der Waals surface area contributed by atoms with Crippen molar-refractivity contribution in [3.05, 3.63) is 76.2 Å². The number of benzene rings is 1. The molecule has 0 aliphatic heterocycles. The predicted octanol–water partition coefficient (Wildman–Crippen LogP) is 2.37. The fourth-order valence-electron chi connectivity index (χ4n) is 2.50. The van der Waals surface area contributed by atoms with E-state index in [2.05, 4.69) is 11.6 Å². The highest BCUT2D eigenvalue weighted by Crippen LogP contribution is 2.22. The van der Waals surface area contributed by atoms with Gasteiger partial charge in [-0.2, -0.15) is 0 Å². The summed E-state index contributed by atoms with van der Waals surface area (Å²) in [7, 11) is 0. The van der Waals surface area contributed by atoms with Gasteiger partial charge in [-0.15, -0.1) is 0 Å². The fourth-order valence-corrected chi connectivity index (χ4v) is 2.50. The number of nitrogens with zero attached hydrogens (tertiary/aromatic N) is 2. The number of rotatable bonds is 4. The first-order chi connectivity index (χ1) is 12.3. The molecule has 0 unspecified atom stereocenters. The number of carbonyl (C=O) groups is 1. The van der Waals surface area contributed by atoms with Crippen LogP contribution in [-0.4, -0.2) is 32.3 Å². The molecule has 0 atom stereocenters. The lowest BCUT2D eigenvalue weighted by Gasteiger charge is -2.13. The Balaban J connectivity index is 2.45. The van der Waals surface area contributed by atoms with Gasteiger partial charge in [-0.1, -0.05) is 6.58 Å². The average molecular weight is 358 g/mol. The third-order valence-corrected chi connectivity index (χ3v) is 3.79. The molecule has 0 aliphatic carbocycles. The van der Waals surface area contributed by atoms with Gasteiger partial charge in [0, 0.05) is 11.9 Å². The van der Waals surface area contributed by atoms with Crippen LogP contribution in [0.25, 0.3) is 22.3 Å². The SMILES string of the molecule is C=C(CO)c1nc2c(cc1F)c(=O)c(C(=O)O)cn2-c1ccc(F)cc1. The van der Waals surface area contributed by atoms with Gasteiger partial charge in [0.1, 0.15) is 28.5 Å². The summed E-state index contributed by atoms with van der Waals surface area (Å²) < 4.78 is 28.7. The van der Waals surface area contributed by atoms with E-state index in [0.29, 0.717) is 5.69 Å². The highest BCUT2D eigenvalue weighted by atomic mass is 19.1. The number of fused-ring (bicyclic) bond motifs is 1. The maximum atomic E-state index is 14.3. The van der Waals surface area contributed by atoms with Crippen LogP contribution in [0, 0.1) is 11.6 Å². The summed E-state index contributed by atoms with van der Waals surface area (Å²) in [6, 6.07) is 5.87. The van der Waals surface area contributed by atoms with Gasteiger partial charge in [0.25, 0.3) is 0 Å². The molecular formula is C18H12F2N2O4. The zero-order valence-electron chi connectivity index (χ0n) is 13.2. The second-order valence-corrected chi connectivity index (χ2v) is 5.48.